The summed E-state index contributed by atoms with van der Waals surface area (Å²) < 4.78 is 5.56. The molecule has 1 N–H and O–H groups in total. The van der Waals surface area contributed by atoms with Crippen LogP contribution in [-0.4, -0.2) is 30.8 Å². The number of hydrogen-bond acceptors (Lipinski definition) is 4. The molecule has 4 nitrogen and oxygen atoms in total. The number of anilines is 3. The highest BCUT2D eigenvalue weighted by atomic mass is 35.5. The summed E-state index contributed by atoms with van der Waals surface area (Å²) in [7, 11) is 0. The van der Waals surface area contributed by atoms with Crippen molar-refractivity contribution in [3.63, 3.8) is 0 Å². The second-order valence-electron chi connectivity index (χ2n) is 6.82. The molecule has 1 fully saturated rings. The Morgan fingerprint density at radius 2 is 2.12 bits per heavy atom. The SMILES string of the molecule is CC(C)CN(c1cc[c]cc1Nc1ccc(Cl)cn1)C1CCOCC1. The second kappa shape index (κ2) is 8.54. The summed E-state index contributed by atoms with van der Waals surface area (Å²) in [5.41, 5.74) is 2.21. The number of hydrogen-bond donors (Lipinski definition) is 1. The highest BCUT2D eigenvalue weighted by Gasteiger charge is 2.24. The van der Waals surface area contributed by atoms with Crippen LogP contribution in [0.4, 0.5) is 17.2 Å². The van der Waals surface area contributed by atoms with E-state index in [0.717, 1.165) is 44.1 Å². The molecule has 2 aromatic rings. The van der Waals surface area contributed by atoms with E-state index in [2.05, 4.69) is 41.2 Å². The van der Waals surface area contributed by atoms with Gasteiger partial charge in [0.1, 0.15) is 5.82 Å². The zero-order chi connectivity index (χ0) is 17.6. The zero-order valence-electron chi connectivity index (χ0n) is 14.8. The van der Waals surface area contributed by atoms with Crippen LogP contribution in [0.3, 0.4) is 0 Å². The molecule has 1 aromatic carbocycles. The average Bonchev–Trinajstić information content (AvgIpc) is 2.63. The first kappa shape index (κ1) is 18.0. The Balaban J connectivity index is 1.88. The van der Waals surface area contributed by atoms with E-state index in [4.69, 9.17) is 16.3 Å². The zero-order valence-corrected chi connectivity index (χ0v) is 15.6. The van der Waals surface area contributed by atoms with Gasteiger partial charge in [0, 0.05) is 32.0 Å². The van der Waals surface area contributed by atoms with Gasteiger partial charge in [0.15, 0.2) is 0 Å². The number of nitrogens with one attached hydrogen (secondary N) is 1. The highest BCUT2D eigenvalue weighted by Crippen LogP contribution is 2.32. The Morgan fingerprint density at radius 3 is 2.80 bits per heavy atom. The molecule has 0 aliphatic carbocycles. The maximum atomic E-state index is 5.94. The maximum Gasteiger partial charge on any atom is 0.130 e. The Labute approximate surface area is 155 Å². The van der Waals surface area contributed by atoms with Gasteiger partial charge in [0.25, 0.3) is 0 Å². The molecule has 25 heavy (non-hydrogen) atoms. The summed E-state index contributed by atoms with van der Waals surface area (Å²) in [4.78, 5) is 6.87. The molecule has 0 amide bonds. The molecule has 1 aromatic heterocycles. The minimum absolute atomic E-state index is 0.497. The van der Waals surface area contributed by atoms with E-state index in [-0.39, 0.29) is 0 Å². The van der Waals surface area contributed by atoms with E-state index < -0.39 is 0 Å². The number of rotatable bonds is 6. The Bertz CT molecular complexity index is 669. The molecule has 0 spiro atoms. The minimum atomic E-state index is 0.497. The molecule has 5 heteroatoms. The van der Waals surface area contributed by atoms with Crippen molar-refractivity contribution >= 4 is 28.8 Å². The number of benzene rings is 1. The molecule has 1 saturated heterocycles. The number of nitrogens with zero attached hydrogens (tertiary/aromatic N) is 2. The molecule has 0 unspecified atom stereocenters. The van der Waals surface area contributed by atoms with Crippen LogP contribution >= 0.6 is 11.6 Å². The number of aromatic nitrogens is 1. The van der Waals surface area contributed by atoms with Gasteiger partial charge in [0.2, 0.25) is 0 Å². The van der Waals surface area contributed by atoms with Crippen molar-refractivity contribution in [3.8, 4) is 0 Å². The lowest BCUT2D eigenvalue weighted by Gasteiger charge is -2.38. The van der Waals surface area contributed by atoms with Crippen molar-refractivity contribution in [1.29, 1.82) is 0 Å². The molecule has 0 bridgehead atoms. The van der Waals surface area contributed by atoms with Gasteiger partial charge in [-0.2, -0.15) is 0 Å². The van der Waals surface area contributed by atoms with Crippen LogP contribution < -0.4 is 10.2 Å². The quantitative estimate of drug-likeness (QED) is 0.795. The van der Waals surface area contributed by atoms with Gasteiger partial charge in [-0.3, -0.25) is 0 Å². The monoisotopic (exact) mass is 358 g/mol. The van der Waals surface area contributed by atoms with E-state index in [1.54, 1.807) is 6.20 Å². The third-order valence-corrected chi connectivity index (χ3v) is 4.56. The van der Waals surface area contributed by atoms with Crippen LogP contribution in [0.15, 0.2) is 36.5 Å². The molecule has 1 aliphatic heterocycles. The fraction of sp³-hybridized carbons (Fsp3) is 0.450. The highest BCUT2D eigenvalue weighted by molar-refractivity contribution is 6.30. The van der Waals surface area contributed by atoms with Crippen LogP contribution in [0.25, 0.3) is 0 Å². The Morgan fingerprint density at radius 1 is 1.32 bits per heavy atom. The lowest BCUT2D eigenvalue weighted by atomic mass is 10.0. The van der Waals surface area contributed by atoms with Crippen molar-refractivity contribution in [2.45, 2.75) is 32.7 Å². The third-order valence-electron chi connectivity index (χ3n) is 4.33. The lowest BCUT2D eigenvalue weighted by molar-refractivity contribution is 0.0839. The van der Waals surface area contributed by atoms with E-state index in [1.807, 2.05) is 24.3 Å². The first-order valence-corrected chi connectivity index (χ1v) is 9.24. The first-order valence-electron chi connectivity index (χ1n) is 8.86. The van der Waals surface area contributed by atoms with Gasteiger partial charge in [-0.05, 0) is 49.1 Å². The largest absolute Gasteiger partial charge is 0.381 e. The minimum Gasteiger partial charge on any atom is -0.381 e. The number of pyridine rings is 1. The summed E-state index contributed by atoms with van der Waals surface area (Å²) in [5, 5.41) is 4.05. The van der Waals surface area contributed by atoms with Gasteiger partial charge in [-0.15, -0.1) is 0 Å². The van der Waals surface area contributed by atoms with Crippen molar-refractivity contribution in [2.24, 2.45) is 5.92 Å². The molecular formula is C20H25ClN3O. The van der Waals surface area contributed by atoms with Crippen LogP contribution in [0, 0.1) is 12.0 Å². The molecule has 2 heterocycles. The Hall–Kier alpha value is -1.78. The fourth-order valence-corrected chi connectivity index (χ4v) is 3.31. The normalized spacial score (nSPS) is 15.4. The van der Waals surface area contributed by atoms with Crippen molar-refractivity contribution in [2.75, 3.05) is 30.0 Å². The molecule has 133 valence electrons. The van der Waals surface area contributed by atoms with E-state index in [1.165, 1.54) is 5.69 Å². The predicted octanol–water partition coefficient (Wildman–Crippen LogP) is 4.92. The molecule has 0 atom stereocenters. The van der Waals surface area contributed by atoms with Crippen LogP contribution in [0.5, 0.6) is 0 Å². The standard InChI is InChI=1S/C20H25ClN3O/c1-15(2)14-24(17-9-11-25-12-10-17)19-6-4-3-5-18(19)23-20-8-7-16(21)13-22-20/h4-8,13,15,17H,9-12,14H2,1-2H3,(H,22,23). The molecule has 0 saturated carbocycles. The third kappa shape index (κ3) is 4.86. The average molecular weight is 359 g/mol. The molecule has 1 aliphatic rings. The second-order valence-corrected chi connectivity index (χ2v) is 7.26. The Kier molecular flexibility index (Phi) is 6.16. The summed E-state index contributed by atoms with van der Waals surface area (Å²) >= 11 is 5.94. The first-order chi connectivity index (χ1) is 12.1. The van der Waals surface area contributed by atoms with Crippen LogP contribution in [0.2, 0.25) is 5.02 Å². The van der Waals surface area contributed by atoms with Crippen molar-refractivity contribution in [3.05, 3.63) is 47.6 Å². The van der Waals surface area contributed by atoms with Crippen LogP contribution in [0.1, 0.15) is 26.7 Å². The number of ether oxygens (including phenoxy) is 1. The van der Waals surface area contributed by atoms with Crippen molar-refractivity contribution in [1.82, 2.24) is 4.98 Å². The maximum absolute atomic E-state index is 5.94. The molecule has 1 radical (unpaired) electrons. The van der Waals surface area contributed by atoms with Gasteiger partial charge in [-0.1, -0.05) is 31.5 Å². The smallest absolute Gasteiger partial charge is 0.130 e. The fourth-order valence-electron chi connectivity index (χ4n) is 3.19. The predicted molar refractivity (Wildman–Crippen MR) is 104 cm³/mol. The summed E-state index contributed by atoms with van der Waals surface area (Å²) in [6.07, 6.45) is 3.77. The summed E-state index contributed by atoms with van der Waals surface area (Å²) in [6, 6.07) is 13.5. The molecule has 3 rings (SSSR count). The van der Waals surface area contributed by atoms with E-state index in [0.29, 0.717) is 17.0 Å². The van der Waals surface area contributed by atoms with Crippen LogP contribution in [-0.2, 0) is 4.74 Å². The summed E-state index contributed by atoms with van der Waals surface area (Å²) in [5.74, 6) is 1.36. The van der Waals surface area contributed by atoms with E-state index >= 15 is 0 Å². The van der Waals surface area contributed by atoms with Gasteiger partial charge < -0.3 is 15.0 Å². The number of halogens is 1. The van der Waals surface area contributed by atoms with Crippen molar-refractivity contribution < 1.29 is 4.74 Å². The lowest BCUT2D eigenvalue weighted by Crippen LogP contribution is -2.42. The van der Waals surface area contributed by atoms with E-state index in [9.17, 15) is 0 Å². The van der Waals surface area contributed by atoms with Gasteiger partial charge >= 0.3 is 0 Å². The summed E-state index contributed by atoms with van der Waals surface area (Å²) in [6.45, 7) is 7.20. The molecular weight excluding hydrogens is 334 g/mol. The van der Waals surface area contributed by atoms with Gasteiger partial charge in [0.05, 0.1) is 16.4 Å². The topological polar surface area (TPSA) is 37.4 Å². The van der Waals surface area contributed by atoms with Gasteiger partial charge in [-0.25, -0.2) is 4.98 Å².